The molecule has 8 nitrogen and oxygen atoms in total. The van der Waals surface area contributed by atoms with Crippen LogP contribution in [-0.4, -0.2) is 48.6 Å². The van der Waals surface area contributed by atoms with Crippen molar-refractivity contribution in [2.75, 3.05) is 19.4 Å². The molecule has 5 aliphatic carbocycles. The van der Waals surface area contributed by atoms with Crippen LogP contribution < -0.4 is 5.32 Å². The molecule has 8 rings (SSSR count). The maximum Gasteiger partial charge on any atom is 0.407 e. The fraction of sp³-hybridized carbons (Fsp3) is 0.500. The number of ether oxygens (including phenoxy) is 2. The molecule has 0 heterocycles. The van der Waals surface area contributed by atoms with Gasteiger partial charge in [0.05, 0.1) is 11.5 Å². The van der Waals surface area contributed by atoms with Gasteiger partial charge in [0.1, 0.15) is 12.4 Å². The first-order valence-corrected chi connectivity index (χ1v) is 20.5. The van der Waals surface area contributed by atoms with Gasteiger partial charge in [0.25, 0.3) is 0 Å². The number of carbonyl (C=O) groups is 3. The zero-order valence-electron chi connectivity index (χ0n) is 29.9. The molecule has 5 aliphatic rings. The van der Waals surface area contributed by atoms with Gasteiger partial charge in [-0.3, -0.25) is 14.2 Å². The molecule has 0 saturated heterocycles. The summed E-state index contributed by atoms with van der Waals surface area (Å²) in [6.07, 6.45) is 5.78. The number of Topliss-reactive ketones (excluding diaryl/α,β-unsaturated/α-hetero) is 1. The molecule has 3 atom stereocenters. The first-order chi connectivity index (χ1) is 24.5. The van der Waals surface area contributed by atoms with Crippen molar-refractivity contribution in [3.8, 4) is 11.1 Å². The number of hydrogen-bond acceptors (Lipinski definition) is 7. The Balaban J connectivity index is 1.08. The minimum atomic E-state index is -3.74. The topological polar surface area (TPSA) is 108 Å². The van der Waals surface area contributed by atoms with Gasteiger partial charge in [-0.05, 0) is 97.8 Å². The minimum absolute atomic E-state index is 0.0872. The Morgan fingerprint density at radius 3 is 1.90 bits per heavy atom. The van der Waals surface area contributed by atoms with E-state index in [4.69, 9.17) is 14.0 Å². The third-order valence-electron chi connectivity index (χ3n) is 11.6. The van der Waals surface area contributed by atoms with Gasteiger partial charge in [-0.2, -0.15) is 0 Å². The second-order valence-corrected chi connectivity index (χ2v) is 18.7. The van der Waals surface area contributed by atoms with Crippen molar-refractivity contribution in [2.45, 2.75) is 83.0 Å². The summed E-state index contributed by atoms with van der Waals surface area (Å²) in [7, 11) is -3.74. The number of esters is 1. The standard InChI is InChI=1S/C42H50NO7P/c1-27(2)17-33(40(45)48-25-39(44)32-11-5-4-6-12-32)26-51(47,50-42-21-29-18-30(22-42)20-31(19-29)23-42)28(3)43-41(46)49-24-38-36-15-9-7-13-34(36)35-14-8-10-16-37(35)38/h4-16,27-31,33,38H,17-26H2,1-3H3,(H,43,46). The number of ketones is 1. The molecular formula is C42H50NO7P. The summed E-state index contributed by atoms with van der Waals surface area (Å²) in [5, 5.41) is 2.89. The van der Waals surface area contributed by atoms with Gasteiger partial charge in [0, 0.05) is 17.6 Å². The van der Waals surface area contributed by atoms with Crippen molar-refractivity contribution in [3.63, 3.8) is 0 Å². The Morgan fingerprint density at radius 1 is 0.784 bits per heavy atom. The highest BCUT2D eigenvalue weighted by Crippen LogP contribution is 2.65. The van der Waals surface area contributed by atoms with Crippen LogP contribution in [0.1, 0.15) is 93.1 Å². The van der Waals surface area contributed by atoms with Crippen LogP contribution in [0.2, 0.25) is 0 Å². The first kappa shape index (κ1) is 35.7. The molecule has 3 aromatic carbocycles. The van der Waals surface area contributed by atoms with Crippen molar-refractivity contribution >= 4 is 25.2 Å². The summed E-state index contributed by atoms with van der Waals surface area (Å²) >= 11 is 0. The lowest BCUT2D eigenvalue weighted by molar-refractivity contribution is -0.147. The van der Waals surface area contributed by atoms with E-state index in [1.807, 2.05) is 44.2 Å². The Bertz CT molecular complexity index is 1720. The summed E-state index contributed by atoms with van der Waals surface area (Å²) < 4.78 is 33.8. The van der Waals surface area contributed by atoms with Crippen LogP contribution in [0.25, 0.3) is 11.1 Å². The van der Waals surface area contributed by atoms with Crippen LogP contribution in [0.15, 0.2) is 78.9 Å². The predicted octanol–water partition coefficient (Wildman–Crippen LogP) is 9.22. The van der Waals surface area contributed by atoms with Crippen LogP contribution in [0.4, 0.5) is 4.79 Å². The number of carbonyl (C=O) groups excluding carboxylic acids is 3. The molecule has 1 amide bonds. The second-order valence-electron chi connectivity index (χ2n) is 16.0. The molecule has 51 heavy (non-hydrogen) atoms. The lowest BCUT2D eigenvalue weighted by Crippen LogP contribution is -2.52. The number of hydrogen-bond donors (Lipinski definition) is 1. The van der Waals surface area contributed by atoms with Gasteiger partial charge in [0.15, 0.2) is 12.4 Å². The lowest BCUT2D eigenvalue weighted by Gasteiger charge is -2.57. The van der Waals surface area contributed by atoms with E-state index >= 15 is 4.57 Å². The van der Waals surface area contributed by atoms with Crippen molar-refractivity contribution in [3.05, 3.63) is 95.6 Å². The number of rotatable bonds is 14. The van der Waals surface area contributed by atoms with Crippen molar-refractivity contribution in [1.29, 1.82) is 0 Å². The average molecular weight is 712 g/mol. The van der Waals surface area contributed by atoms with Crippen LogP contribution in [-0.2, 0) is 23.4 Å². The number of alkyl carbamates (subject to hydrolysis) is 1. The van der Waals surface area contributed by atoms with E-state index in [1.54, 1.807) is 31.2 Å². The smallest absolute Gasteiger partial charge is 0.407 e. The Morgan fingerprint density at radius 2 is 1.33 bits per heavy atom. The summed E-state index contributed by atoms with van der Waals surface area (Å²) in [6.45, 7) is 5.44. The maximum absolute atomic E-state index is 15.4. The van der Waals surface area contributed by atoms with Crippen LogP contribution in [0, 0.1) is 29.6 Å². The summed E-state index contributed by atoms with van der Waals surface area (Å²) in [5.41, 5.74) is 4.42. The number of nitrogens with one attached hydrogen (secondary N) is 1. The summed E-state index contributed by atoms with van der Waals surface area (Å²) in [4.78, 5) is 40.0. The van der Waals surface area contributed by atoms with Crippen molar-refractivity contribution in [1.82, 2.24) is 5.32 Å². The van der Waals surface area contributed by atoms with Gasteiger partial charge >= 0.3 is 12.1 Å². The monoisotopic (exact) mass is 711 g/mol. The molecule has 0 aromatic heterocycles. The van der Waals surface area contributed by atoms with E-state index in [-0.39, 0.29) is 30.4 Å². The normalized spacial score (nSPS) is 25.4. The third-order valence-corrected chi connectivity index (χ3v) is 14.6. The predicted molar refractivity (Wildman–Crippen MR) is 197 cm³/mol. The van der Waals surface area contributed by atoms with Crippen LogP contribution in [0.3, 0.4) is 0 Å². The molecule has 270 valence electrons. The molecule has 4 fully saturated rings. The first-order valence-electron chi connectivity index (χ1n) is 18.7. The fourth-order valence-corrected chi connectivity index (χ4v) is 12.4. The van der Waals surface area contributed by atoms with E-state index in [1.165, 1.54) is 19.3 Å². The van der Waals surface area contributed by atoms with E-state index < -0.39 is 43.3 Å². The van der Waals surface area contributed by atoms with E-state index in [0.717, 1.165) is 41.5 Å². The second kappa shape index (κ2) is 14.7. The van der Waals surface area contributed by atoms with Gasteiger partial charge in [-0.15, -0.1) is 0 Å². The zero-order valence-corrected chi connectivity index (χ0v) is 30.8. The molecule has 4 saturated carbocycles. The van der Waals surface area contributed by atoms with Gasteiger partial charge in [0.2, 0.25) is 7.37 Å². The van der Waals surface area contributed by atoms with Crippen molar-refractivity contribution in [2.24, 2.45) is 29.6 Å². The van der Waals surface area contributed by atoms with Crippen molar-refractivity contribution < 1.29 is 32.9 Å². The SMILES string of the molecule is CC(C)CC(CP(=O)(OC12CC3CC(CC(C3)C1)C2)C(C)NC(=O)OCC1c2ccccc2-c2ccccc21)C(=O)OCC(=O)c1ccccc1. The molecule has 0 spiro atoms. The minimum Gasteiger partial charge on any atom is -0.457 e. The third kappa shape index (κ3) is 7.73. The number of fused-ring (bicyclic) bond motifs is 3. The molecule has 0 radical (unpaired) electrons. The molecule has 3 unspecified atom stereocenters. The number of amides is 1. The molecular weight excluding hydrogens is 661 g/mol. The Kier molecular flexibility index (Phi) is 10.3. The van der Waals surface area contributed by atoms with Crippen LogP contribution in [0.5, 0.6) is 0 Å². The van der Waals surface area contributed by atoms with Gasteiger partial charge in [-0.1, -0.05) is 92.7 Å². The molecule has 9 heteroatoms. The van der Waals surface area contributed by atoms with E-state index in [9.17, 15) is 14.4 Å². The van der Waals surface area contributed by atoms with E-state index in [2.05, 4.69) is 29.6 Å². The Labute approximate surface area is 301 Å². The summed E-state index contributed by atoms with van der Waals surface area (Å²) in [5.74, 6) is -0.930. The average Bonchev–Trinajstić information content (AvgIpc) is 3.42. The van der Waals surface area contributed by atoms with Gasteiger partial charge in [-0.25, -0.2) is 4.79 Å². The highest BCUT2D eigenvalue weighted by Gasteiger charge is 2.55. The summed E-state index contributed by atoms with van der Waals surface area (Å²) in [6, 6.07) is 25.0. The zero-order chi connectivity index (χ0) is 35.8. The fourth-order valence-electron chi connectivity index (χ4n) is 9.74. The molecule has 4 bridgehead atoms. The van der Waals surface area contributed by atoms with Crippen LogP contribution >= 0.6 is 7.37 Å². The highest BCUT2D eigenvalue weighted by molar-refractivity contribution is 7.59. The lowest BCUT2D eigenvalue weighted by atomic mass is 9.54. The largest absolute Gasteiger partial charge is 0.457 e. The molecule has 1 N–H and O–H groups in total. The molecule has 3 aromatic rings. The Hall–Kier alpha value is -3.74. The number of benzene rings is 3. The highest BCUT2D eigenvalue weighted by atomic mass is 31.2. The molecule has 0 aliphatic heterocycles. The maximum atomic E-state index is 15.4. The quantitative estimate of drug-likeness (QED) is 0.101. The van der Waals surface area contributed by atoms with Gasteiger partial charge < -0.3 is 19.3 Å². The van der Waals surface area contributed by atoms with E-state index in [0.29, 0.717) is 29.7 Å².